The van der Waals surface area contributed by atoms with Crippen LogP contribution in [0.4, 0.5) is 0 Å². The standard InChI is InChI=1S/C15H24N2O2S/c1-4-16-10-12-5-7-13(8-6-12)11-20(18,19)17-14-9-15(14,2)3/h5-8,14,16-17H,4,9-11H2,1-3H3. The van der Waals surface area contributed by atoms with Gasteiger partial charge in [0.2, 0.25) is 10.0 Å². The van der Waals surface area contributed by atoms with E-state index >= 15 is 0 Å². The van der Waals surface area contributed by atoms with Gasteiger partial charge in [0.15, 0.2) is 0 Å². The van der Waals surface area contributed by atoms with Crippen LogP contribution in [-0.4, -0.2) is 21.0 Å². The SMILES string of the molecule is CCNCc1ccc(CS(=O)(=O)NC2CC2(C)C)cc1. The Hall–Kier alpha value is -0.910. The van der Waals surface area contributed by atoms with Crippen molar-refractivity contribution < 1.29 is 8.42 Å². The molecular formula is C15H24N2O2S. The summed E-state index contributed by atoms with van der Waals surface area (Å²) in [5, 5.41) is 3.25. The maximum atomic E-state index is 12.1. The summed E-state index contributed by atoms with van der Waals surface area (Å²) in [6, 6.07) is 7.84. The van der Waals surface area contributed by atoms with Crippen molar-refractivity contribution >= 4 is 10.0 Å². The van der Waals surface area contributed by atoms with Crippen LogP contribution in [0.2, 0.25) is 0 Å². The second-order valence-corrected chi connectivity index (χ2v) is 7.97. The van der Waals surface area contributed by atoms with Crippen LogP contribution in [0, 0.1) is 5.41 Å². The molecule has 20 heavy (non-hydrogen) atoms. The Balaban J connectivity index is 1.92. The summed E-state index contributed by atoms with van der Waals surface area (Å²) < 4.78 is 26.9. The van der Waals surface area contributed by atoms with E-state index in [0.29, 0.717) is 0 Å². The first-order valence-electron chi connectivity index (χ1n) is 7.11. The predicted molar refractivity (Wildman–Crippen MR) is 81.8 cm³/mol. The van der Waals surface area contributed by atoms with Crippen molar-refractivity contribution in [1.82, 2.24) is 10.0 Å². The molecule has 112 valence electrons. The van der Waals surface area contributed by atoms with Crippen molar-refractivity contribution in [3.05, 3.63) is 35.4 Å². The highest BCUT2D eigenvalue weighted by Gasteiger charge is 2.47. The molecule has 2 rings (SSSR count). The Morgan fingerprint density at radius 1 is 1.20 bits per heavy atom. The van der Waals surface area contributed by atoms with Crippen molar-refractivity contribution in [2.24, 2.45) is 5.41 Å². The fourth-order valence-corrected chi connectivity index (χ4v) is 3.72. The van der Waals surface area contributed by atoms with Gasteiger partial charge in [0.1, 0.15) is 0 Å². The van der Waals surface area contributed by atoms with Crippen molar-refractivity contribution in [1.29, 1.82) is 0 Å². The molecule has 1 aliphatic carbocycles. The third-order valence-corrected chi connectivity index (χ3v) is 5.15. The number of hydrogen-bond donors (Lipinski definition) is 2. The fourth-order valence-electron chi connectivity index (χ4n) is 2.17. The average molecular weight is 296 g/mol. The first-order chi connectivity index (χ1) is 9.32. The van der Waals surface area contributed by atoms with Crippen molar-refractivity contribution in [3.63, 3.8) is 0 Å². The molecule has 0 aliphatic heterocycles. The Bertz CT molecular complexity index is 550. The highest BCUT2D eigenvalue weighted by Crippen LogP contribution is 2.45. The first kappa shape index (κ1) is 15.5. The van der Waals surface area contributed by atoms with E-state index in [0.717, 1.165) is 25.1 Å². The predicted octanol–water partition coefficient (Wildman–Crippen LogP) is 2.01. The van der Waals surface area contributed by atoms with Crippen LogP contribution >= 0.6 is 0 Å². The van der Waals surface area contributed by atoms with Gasteiger partial charge in [-0.3, -0.25) is 0 Å². The van der Waals surface area contributed by atoms with Gasteiger partial charge in [-0.1, -0.05) is 45.0 Å². The molecule has 0 amide bonds. The molecule has 1 saturated carbocycles. The highest BCUT2D eigenvalue weighted by atomic mass is 32.2. The zero-order valence-corrected chi connectivity index (χ0v) is 13.3. The minimum Gasteiger partial charge on any atom is -0.313 e. The molecule has 0 spiro atoms. The molecule has 1 aliphatic rings. The molecule has 0 heterocycles. The van der Waals surface area contributed by atoms with Crippen molar-refractivity contribution in [2.75, 3.05) is 6.54 Å². The monoisotopic (exact) mass is 296 g/mol. The molecule has 5 heteroatoms. The molecule has 1 fully saturated rings. The topological polar surface area (TPSA) is 58.2 Å². The van der Waals surface area contributed by atoms with Gasteiger partial charge >= 0.3 is 0 Å². The molecule has 1 unspecified atom stereocenters. The minimum atomic E-state index is -3.24. The van der Waals surface area contributed by atoms with Gasteiger partial charge in [0.25, 0.3) is 0 Å². The van der Waals surface area contributed by atoms with Crippen LogP contribution in [-0.2, 0) is 22.3 Å². The first-order valence-corrected chi connectivity index (χ1v) is 8.76. The van der Waals surface area contributed by atoms with Gasteiger partial charge in [-0.2, -0.15) is 0 Å². The van der Waals surface area contributed by atoms with E-state index in [2.05, 4.69) is 30.8 Å². The van der Waals surface area contributed by atoms with Gasteiger partial charge in [-0.05, 0) is 29.5 Å². The third kappa shape index (κ3) is 4.30. The van der Waals surface area contributed by atoms with E-state index in [9.17, 15) is 8.42 Å². The van der Waals surface area contributed by atoms with Crippen molar-refractivity contribution in [3.8, 4) is 0 Å². The second-order valence-electron chi connectivity index (χ2n) is 6.22. The van der Waals surface area contributed by atoms with Crippen LogP contribution in [0.25, 0.3) is 0 Å². The molecule has 1 aromatic rings. The zero-order chi connectivity index (χ0) is 14.8. The highest BCUT2D eigenvalue weighted by molar-refractivity contribution is 7.88. The van der Waals surface area contributed by atoms with Crippen LogP contribution < -0.4 is 10.0 Å². The van der Waals surface area contributed by atoms with E-state index < -0.39 is 10.0 Å². The maximum Gasteiger partial charge on any atom is 0.216 e. The smallest absolute Gasteiger partial charge is 0.216 e. The van der Waals surface area contributed by atoms with Gasteiger partial charge < -0.3 is 5.32 Å². The number of nitrogens with one attached hydrogen (secondary N) is 2. The summed E-state index contributed by atoms with van der Waals surface area (Å²) in [5.41, 5.74) is 2.11. The molecule has 0 radical (unpaired) electrons. The maximum absolute atomic E-state index is 12.1. The second kappa shape index (κ2) is 5.84. The summed E-state index contributed by atoms with van der Waals surface area (Å²) in [5.74, 6) is 0.0566. The van der Waals surface area contributed by atoms with Crippen LogP contribution in [0.3, 0.4) is 0 Å². The molecule has 1 atom stereocenters. The lowest BCUT2D eigenvalue weighted by Crippen LogP contribution is -2.29. The molecule has 1 aromatic carbocycles. The van der Waals surface area contributed by atoms with Gasteiger partial charge in [0.05, 0.1) is 5.75 Å². The summed E-state index contributed by atoms with van der Waals surface area (Å²) >= 11 is 0. The quantitative estimate of drug-likeness (QED) is 0.809. The van der Waals surface area contributed by atoms with Crippen molar-refractivity contribution in [2.45, 2.75) is 45.5 Å². The molecule has 0 bridgehead atoms. The summed E-state index contributed by atoms with van der Waals surface area (Å²) in [6.07, 6.45) is 0.924. The largest absolute Gasteiger partial charge is 0.313 e. The lowest BCUT2D eigenvalue weighted by Gasteiger charge is -2.09. The van der Waals surface area contributed by atoms with Crippen LogP contribution in [0.5, 0.6) is 0 Å². The van der Waals surface area contributed by atoms with E-state index in [-0.39, 0.29) is 17.2 Å². The Kier molecular flexibility index (Phi) is 4.52. The number of benzene rings is 1. The summed E-state index contributed by atoms with van der Waals surface area (Å²) in [7, 11) is -3.24. The fraction of sp³-hybridized carbons (Fsp3) is 0.600. The van der Waals surface area contributed by atoms with E-state index in [1.807, 2.05) is 24.3 Å². The lowest BCUT2D eigenvalue weighted by molar-refractivity contribution is 0.554. The molecular weight excluding hydrogens is 272 g/mol. The van der Waals surface area contributed by atoms with E-state index in [1.54, 1.807) is 0 Å². The molecule has 0 saturated heterocycles. The zero-order valence-electron chi connectivity index (χ0n) is 12.4. The average Bonchev–Trinajstić information content (AvgIpc) is 2.94. The van der Waals surface area contributed by atoms with Crippen LogP contribution in [0.15, 0.2) is 24.3 Å². The summed E-state index contributed by atoms with van der Waals surface area (Å²) in [4.78, 5) is 0. The van der Waals surface area contributed by atoms with Gasteiger partial charge in [-0.15, -0.1) is 0 Å². The third-order valence-electron chi connectivity index (χ3n) is 3.79. The number of hydrogen-bond acceptors (Lipinski definition) is 3. The number of sulfonamides is 1. The van der Waals surface area contributed by atoms with Gasteiger partial charge in [-0.25, -0.2) is 13.1 Å². The lowest BCUT2D eigenvalue weighted by atomic mass is 10.1. The Morgan fingerprint density at radius 3 is 2.25 bits per heavy atom. The van der Waals surface area contributed by atoms with E-state index in [1.165, 1.54) is 5.56 Å². The normalized spacial score (nSPS) is 20.9. The summed E-state index contributed by atoms with van der Waals surface area (Å²) in [6.45, 7) is 7.96. The minimum absolute atomic E-state index is 0.0566. The Labute approximate surface area is 122 Å². The molecule has 4 nitrogen and oxygen atoms in total. The van der Waals surface area contributed by atoms with Gasteiger partial charge in [0, 0.05) is 12.6 Å². The molecule has 2 N–H and O–H groups in total. The number of rotatable bonds is 7. The van der Waals surface area contributed by atoms with E-state index in [4.69, 9.17) is 0 Å². The van der Waals surface area contributed by atoms with Crippen LogP contribution in [0.1, 0.15) is 38.3 Å². The Morgan fingerprint density at radius 2 is 1.75 bits per heavy atom. The molecule has 0 aromatic heterocycles.